The zero-order valence-corrected chi connectivity index (χ0v) is 78.9. The maximum Gasteiger partial charge on any atom is 0.345 e. The van der Waals surface area contributed by atoms with Gasteiger partial charge in [-0.1, -0.05) is 29.3 Å². The molecule has 24 heterocycles. The van der Waals surface area contributed by atoms with Gasteiger partial charge in [0.25, 0.3) is 0 Å². The third-order valence-corrected chi connectivity index (χ3v) is 29.3. The van der Waals surface area contributed by atoms with Crippen LogP contribution in [0, 0.1) is 11.6 Å². The van der Waals surface area contributed by atoms with Crippen molar-refractivity contribution in [1.29, 1.82) is 0 Å². The first-order valence-electron chi connectivity index (χ1n) is 48.3. The van der Waals surface area contributed by atoms with Gasteiger partial charge in [-0.3, -0.25) is 4.90 Å². The molecule has 0 amide bonds. The van der Waals surface area contributed by atoms with Crippen LogP contribution in [0.5, 0.6) is 0 Å². The van der Waals surface area contributed by atoms with Crippen molar-refractivity contribution in [3.8, 4) is 56.2 Å². The fraction of sp³-hybridized carbons (Fsp3) is 0.257. The SMILES string of the molecule is C[C@H]1CN(c2ccc3cc(-c4cn5cccc(F)c5n4)c(=O)oc3c2)CCN1.O=c1oc2cc(N3CC4CCC(C3)N4)ccc2cc1-c1cn2cccc(Cl)c2n1.O=c1oc2cc(N3CC4CCC3CN4)ccc2cc1-c1cn2cccc(Cl)c2n1.O=c1oc2cc(N3CCN4CCC[C@H]4C3)ccc2cc1-c1cn2cccc(F)c2n1.O=c1oc2cc(N3CCNCC3)ccc2cc1-c1cc2ccccn2c1. The fourth-order valence-corrected chi connectivity index (χ4v) is 21.8. The molecule has 0 radical (unpaired) electrons. The maximum atomic E-state index is 14.0. The molecule has 4 N–H and O–H groups in total. The fourth-order valence-electron chi connectivity index (χ4n) is 21.4. The van der Waals surface area contributed by atoms with Gasteiger partial charge in [-0.2, -0.15) is 0 Å². The molecule has 0 aliphatic carbocycles. The number of fused-ring (bicyclic) bond motifs is 16. The van der Waals surface area contributed by atoms with E-state index in [9.17, 15) is 32.8 Å². The lowest BCUT2D eigenvalue weighted by Gasteiger charge is -2.47. The van der Waals surface area contributed by atoms with Crippen LogP contribution in [0.15, 0.2) is 302 Å². The van der Waals surface area contributed by atoms with Gasteiger partial charge in [0.2, 0.25) is 0 Å². The minimum atomic E-state index is -0.484. The van der Waals surface area contributed by atoms with E-state index in [0.717, 1.165) is 158 Å². The summed E-state index contributed by atoms with van der Waals surface area (Å²) in [6.45, 7) is 17.0. The number of halogens is 4. The monoisotopic (exact) mass is 1940 g/mol. The number of benzene rings is 5. The lowest BCUT2D eigenvalue weighted by molar-refractivity contribution is 0.231. The minimum absolute atomic E-state index is 0.181. The molecule has 9 aliphatic rings. The molecular formula is C109H97Cl2F2N19O10. The minimum Gasteiger partial charge on any atom is -0.422 e. The second-order valence-electron chi connectivity index (χ2n) is 37.8. The summed E-state index contributed by atoms with van der Waals surface area (Å²) in [5, 5.41) is 19.4. The Balaban J connectivity index is 0.0000000959. The number of rotatable bonds is 10. The molecule has 29 rings (SSSR count). The molecule has 9 aliphatic heterocycles. The summed E-state index contributed by atoms with van der Waals surface area (Å²) in [5.74, 6) is -0.866. The van der Waals surface area contributed by atoms with E-state index in [2.05, 4.69) is 102 Å². The van der Waals surface area contributed by atoms with Crippen LogP contribution in [-0.2, 0) is 0 Å². The standard InChI is InChI=1S/C23H21FN4O2.2C22H19ClN4O2.C21H19FN4O2.C21H19N3O2/c24-19-4-2-8-28-14-20(25-22(19)28)18-11-15-5-6-16(12-21(15)30-23(18)29)27-10-9-26-7-1-3-17(26)13-27;23-18-2-1-7-26-12-19(25-21(18)26)17-8-13-3-6-16(9-20(13)29-22(17)28)27-10-14-4-5-15(11-27)24-14;23-18-2-1-7-26-12-19(25-21(18)26)17-8-13-3-5-15(9-20(13)29-22(17)28)27-11-14-4-6-16(27)10-24-14;1-13-11-25(8-6-23-13)15-5-4-14-9-16(21(27)28-19(14)10-15)18-12-26-7-2-3-17(22)20(26)24-18;25-21-19(16-11-17-3-1-2-8-24(17)14-16)12-15-4-5-18(13-20(15)26-21)23-9-6-22-7-10-23/h2,4-6,8,11-12,14,17H,1,3,7,9-10,13H2;1-3,6-9,12,14-15,24H,4-5,10-11H2;1-3,5,7-9,12,14,16,24H,4,6,10-11H2;2-5,7,9-10,12-13,23H,6,8,11H2,1H3;1-5,8,11-14,22H,6-7,9-10H2/t17-;;;13-;/m0..0./s1. The predicted octanol–water partition coefficient (Wildman–Crippen LogP) is 17.1. The van der Waals surface area contributed by atoms with E-state index in [4.69, 9.17) is 45.3 Å². The Kier molecular flexibility index (Phi) is 23.6. The highest BCUT2D eigenvalue weighted by molar-refractivity contribution is 6.34. The van der Waals surface area contributed by atoms with Crippen LogP contribution < -0.4 is 73.9 Å². The number of hydrogen-bond donors (Lipinski definition) is 4. The molecule has 6 atom stereocenters. The van der Waals surface area contributed by atoms with Crippen LogP contribution in [0.2, 0.25) is 10.0 Å². The number of piperazine rings is 5. The molecule has 142 heavy (non-hydrogen) atoms. The number of nitrogens with zero attached hydrogens (tertiary/aromatic N) is 15. The first-order chi connectivity index (χ1) is 69.3. The topological polar surface area (TPSA) is 292 Å². The Morgan fingerprint density at radius 1 is 0.352 bits per heavy atom. The van der Waals surface area contributed by atoms with Gasteiger partial charge in [0, 0.05) is 287 Å². The Bertz CT molecular complexity index is 8600. The van der Waals surface area contributed by atoms with Crippen molar-refractivity contribution < 1.29 is 30.9 Å². The van der Waals surface area contributed by atoms with E-state index in [1.807, 2.05) is 159 Å². The number of hydrogen-bond acceptors (Lipinski definition) is 24. The van der Waals surface area contributed by atoms with Gasteiger partial charge >= 0.3 is 28.1 Å². The largest absolute Gasteiger partial charge is 0.422 e. The predicted molar refractivity (Wildman–Crippen MR) is 551 cm³/mol. The second kappa shape index (κ2) is 37.5. The van der Waals surface area contributed by atoms with Crippen LogP contribution in [0.1, 0.15) is 45.4 Å². The molecule has 33 heteroatoms. The van der Waals surface area contributed by atoms with Gasteiger partial charge in [-0.25, -0.2) is 52.7 Å². The van der Waals surface area contributed by atoms with Crippen molar-refractivity contribution in [1.82, 2.24) is 68.1 Å². The van der Waals surface area contributed by atoms with Crippen LogP contribution in [0.3, 0.4) is 0 Å². The van der Waals surface area contributed by atoms with Gasteiger partial charge in [0.05, 0.1) is 60.6 Å². The van der Waals surface area contributed by atoms with E-state index >= 15 is 0 Å². The van der Waals surface area contributed by atoms with Crippen molar-refractivity contribution in [2.24, 2.45) is 0 Å². The highest BCUT2D eigenvalue weighted by Crippen LogP contribution is 2.38. The van der Waals surface area contributed by atoms with Gasteiger partial charge in [-0.15, -0.1) is 0 Å². The molecule has 20 aromatic rings. The van der Waals surface area contributed by atoms with Gasteiger partial charge < -0.3 is 89.9 Å². The first-order valence-corrected chi connectivity index (χ1v) is 49.0. The Morgan fingerprint density at radius 3 is 1.25 bits per heavy atom. The molecule has 0 saturated carbocycles. The van der Waals surface area contributed by atoms with E-state index in [1.165, 1.54) is 57.2 Å². The van der Waals surface area contributed by atoms with Crippen molar-refractivity contribution in [3.05, 3.63) is 330 Å². The van der Waals surface area contributed by atoms with Gasteiger partial charge in [0.15, 0.2) is 34.2 Å². The third kappa shape index (κ3) is 17.7. The second-order valence-corrected chi connectivity index (χ2v) is 38.6. The Labute approximate surface area is 819 Å². The average molecular weight is 1940 g/mol. The smallest absolute Gasteiger partial charge is 0.345 e. The first kappa shape index (κ1) is 89.5. The van der Waals surface area contributed by atoms with Gasteiger partial charge in [0.1, 0.15) is 27.9 Å². The summed E-state index contributed by atoms with van der Waals surface area (Å²) in [5.41, 5.74) is 13.9. The zero-order valence-electron chi connectivity index (χ0n) is 77.4. The van der Waals surface area contributed by atoms with E-state index in [0.29, 0.717) is 136 Å². The molecule has 4 unspecified atom stereocenters. The zero-order chi connectivity index (χ0) is 96.1. The van der Waals surface area contributed by atoms with E-state index < -0.39 is 34.1 Å². The normalized spacial score (nSPS) is 19.1. The number of aromatic nitrogens is 9. The lowest BCUT2D eigenvalue weighted by Crippen LogP contribution is -2.61. The summed E-state index contributed by atoms with van der Waals surface area (Å²) in [4.78, 5) is 95.3. The van der Waals surface area contributed by atoms with Crippen LogP contribution in [-0.4, -0.2) is 181 Å². The molecule has 9 fully saturated rings. The van der Waals surface area contributed by atoms with Crippen molar-refractivity contribution in [2.45, 2.75) is 81.7 Å². The van der Waals surface area contributed by atoms with Crippen LogP contribution >= 0.6 is 23.2 Å². The highest BCUT2D eigenvalue weighted by atomic mass is 35.5. The summed E-state index contributed by atoms with van der Waals surface area (Å²) in [6, 6.07) is 63.7. The molecule has 716 valence electrons. The lowest BCUT2D eigenvalue weighted by atomic mass is 9.92. The van der Waals surface area contributed by atoms with Crippen LogP contribution in [0.25, 0.3) is 139 Å². The molecule has 4 bridgehead atoms. The molecule has 5 aromatic carbocycles. The van der Waals surface area contributed by atoms with Gasteiger partial charge in [-0.05, 0) is 210 Å². The summed E-state index contributed by atoms with van der Waals surface area (Å²) in [7, 11) is 0. The summed E-state index contributed by atoms with van der Waals surface area (Å²) >= 11 is 12.4. The highest BCUT2D eigenvalue weighted by Gasteiger charge is 2.36. The number of nitrogens with one attached hydrogen (secondary N) is 4. The number of imidazole rings is 4. The van der Waals surface area contributed by atoms with Crippen molar-refractivity contribution in [3.63, 3.8) is 0 Å². The molecule has 15 aromatic heterocycles. The molecular weight excluding hydrogens is 1840 g/mol. The maximum absolute atomic E-state index is 14.0. The van der Waals surface area contributed by atoms with Crippen molar-refractivity contribution in [2.75, 3.05) is 123 Å². The third-order valence-electron chi connectivity index (χ3n) is 28.7. The summed E-state index contributed by atoms with van der Waals surface area (Å²) < 4.78 is 65.0. The van der Waals surface area contributed by atoms with E-state index in [1.54, 1.807) is 82.4 Å². The average Bonchev–Trinajstić information content (AvgIpc) is 1.52. The molecule has 29 nitrogen and oxygen atoms in total. The van der Waals surface area contributed by atoms with Crippen LogP contribution in [0.4, 0.5) is 37.2 Å². The molecule has 9 saturated heterocycles. The summed E-state index contributed by atoms with van der Waals surface area (Å²) in [6.07, 6.45) is 25.3. The van der Waals surface area contributed by atoms with E-state index in [-0.39, 0.29) is 16.9 Å². The number of piperidine rings is 2. The Hall–Kier alpha value is -15.1. The number of pyridine rings is 5. The quantitative estimate of drug-likeness (QED) is 0.0925. The van der Waals surface area contributed by atoms with Crippen molar-refractivity contribution >= 4 is 135 Å². The molecule has 0 spiro atoms. The Morgan fingerprint density at radius 2 is 0.782 bits per heavy atom. The number of anilines is 5.